The van der Waals surface area contributed by atoms with Gasteiger partial charge in [-0.25, -0.2) is 4.79 Å². The molecule has 0 spiro atoms. The second-order valence-corrected chi connectivity index (χ2v) is 2.37. The van der Waals surface area contributed by atoms with Gasteiger partial charge in [0.15, 0.2) is 0 Å². The molecular weight excluding hydrogens is 188 g/mol. The lowest BCUT2D eigenvalue weighted by Crippen LogP contribution is -1.92. The molecular formula is C13H14O2. The SMILES string of the molecule is C=C/C=C/C=C/OC(=O)/C=C/C=C/C=C. The van der Waals surface area contributed by atoms with Crippen LogP contribution < -0.4 is 0 Å². The summed E-state index contributed by atoms with van der Waals surface area (Å²) in [5.41, 5.74) is 0. The highest BCUT2D eigenvalue weighted by Gasteiger charge is 1.88. The molecule has 0 saturated carbocycles. The van der Waals surface area contributed by atoms with E-state index in [1.54, 1.807) is 48.6 Å². The summed E-state index contributed by atoms with van der Waals surface area (Å²) in [4.78, 5) is 11.0. The Morgan fingerprint density at radius 3 is 2.07 bits per heavy atom. The van der Waals surface area contributed by atoms with Gasteiger partial charge in [-0.05, 0) is 6.08 Å². The van der Waals surface area contributed by atoms with Crippen LogP contribution in [0.1, 0.15) is 0 Å². The van der Waals surface area contributed by atoms with Gasteiger partial charge in [0.25, 0.3) is 0 Å². The Morgan fingerprint density at radius 2 is 1.47 bits per heavy atom. The van der Waals surface area contributed by atoms with E-state index in [1.165, 1.54) is 12.3 Å². The smallest absolute Gasteiger partial charge is 0.335 e. The fourth-order valence-electron chi connectivity index (χ4n) is 0.611. The van der Waals surface area contributed by atoms with E-state index >= 15 is 0 Å². The van der Waals surface area contributed by atoms with Crippen LogP contribution >= 0.6 is 0 Å². The lowest BCUT2D eigenvalue weighted by atomic mass is 10.4. The fourth-order valence-corrected chi connectivity index (χ4v) is 0.611. The Kier molecular flexibility index (Phi) is 8.60. The summed E-state index contributed by atoms with van der Waals surface area (Å²) < 4.78 is 4.72. The van der Waals surface area contributed by atoms with Crippen LogP contribution in [0.15, 0.2) is 74.1 Å². The highest BCUT2D eigenvalue weighted by Crippen LogP contribution is 1.86. The Labute approximate surface area is 90.3 Å². The maximum atomic E-state index is 11.0. The van der Waals surface area contributed by atoms with Crippen molar-refractivity contribution in [1.29, 1.82) is 0 Å². The van der Waals surface area contributed by atoms with Crippen LogP contribution in [0, 0.1) is 0 Å². The number of esters is 1. The summed E-state index contributed by atoms with van der Waals surface area (Å²) in [6, 6.07) is 0. The molecule has 0 aliphatic rings. The molecule has 78 valence electrons. The van der Waals surface area contributed by atoms with Crippen molar-refractivity contribution in [3.8, 4) is 0 Å². The number of allylic oxidation sites excluding steroid dienone is 8. The van der Waals surface area contributed by atoms with Gasteiger partial charge < -0.3 is 4.74 Å². The molecule has 0 atom stereocenters. The average molecular weight is 202 g/mol. The second kappa shape index (κ2) is 9.99. The van der Waals surface area contributed by atoms with Gasteiger partial charge in [-0.15, -0.1) is 0 Å². The molecule has 0 radical (unpaired) electrons. The van der Waals surface area contributed by atoms with Crippen molar-refractivity contribution in [1.82, 2.24) is 0 Å². The molecule has 2 nitrogen and oxygen atoms in total. The van der Waals surface area contributed by atoms with E-state index in [4.69, 9.17) is 4.74 Å². The predicted octanol–water partition coefficient (Wildman–Crippen LogP) is 3.08. The monoisotopic (exact) mass is 202 g/mol. The molecule has 0 heterocycles. The summed E-state index contributed by atoms with van der Waals surface area (Å²) >= 11 is 0. The van der Waals surface area contributed by atoms with E-state index in [0.717, 1.165) is 0 Å². The third-order valence-corrected chi connectivity index (χ3v) is 1.21. The van der Waals surface area contributed by atoms with E-state index in [9.17, 15) is 4.79 Å². The van der Waals surface area contributed by atoms with Crippen molar-refractivity contribution in [2.24, 2.45) is 0 Å². The molecule has 0 bridgehead atoms. The molecule has 0 aromatic rings. The number of ether oxygens (including phenoxy) is 1. The predicted molar refractivity (Wildman–Crippen MR) is 63.0 cm³/mol. The number of carbonyl (C=O) groups excluding carboxylic acids is 1. The Morgan fingerprint density at radius 1 is 0.867 bits per heavy atom. The molecule has 0 fully saturated rings. The van der Waals surface area contributed by atoms with Crippen molar-refractivity contribution in [3.05, 3.63) is 74.1 Å². The molecule has 0 aromatic carbocycles. The number of hydrogen-bond acceptors (Lipinski definition) is 2. The van der Waals surface area contributed by atoms with Crippen molar-refractivity contribution in [2.75, 3.05) is 0 Å². The van der Waals surface area contributed by atoms with Crippen molar-refractivity contribution < 1.29 is 9.53 Å². The summed E-state index contributed by atoms with van der Waals surface area (Å²) in [5.74, 6) is -0.424. The first-order valence-corrected chi connectivity index (χ1v) is 4.42. The number of rotatable bonds is 6. The van der Waals surface area contributed by atoms with E-state index in [2.05, 4.69) is 13.2 Å². The van der Waals surface area contributed by atoms with Gasteiger partial charge in [0.2, 0.25) is 0 Å². The Bertz CT molecular complexity index is 317. The summed E-state index contributed by atoms with van der Waals surface area (Å²) in [6.45, 7) is 6.99. The summed E-state index contributed by atoms with van der Waals surface area (Å²) in [6.07, 6.45) is 15.9. The minimum Gasteiger partial charge on any atom is -0.431 e. The van der Waals surface area contributed by atoms with Crippen LogP contribution in [0.3, 0.4) is 0 Å². The van der Waals surface area contributed by atoms with E-state index in [1.807, 2.05) is 0 Å². The average Bonchev–Trinajstić information content (AvgIpc) is 2.24. The second-order valence-electron chi connectivity index (χ2n) is 2.37. The molecule has 0 N–H and O–H groups in total. The largest absolute Gasteiger partial charge is 0.431 e. The molecule has 0 aromatic heterocycles. The van der Waals surface area contributed by atoms with Crippen LogP contribution in [0.25, 0.3) is 0 Å². The fraction of sp³-hybridized carbons (Fsp3) is 0. The van der Waals surface area contributed by atoms with Crippen LogP contribution in [0.4, 0.5) is 0 Å². The van der Waals surface area contributed by atoms with Gasteiger partial charge in [0, 0.05) is 6.08 Å². The minimum absolute atomic E-state index is 0.424. The van der Waals surface area contributed by atoms with Gasteiger partial charge in [0.05, 0.1) is 6.26 Å². The maximum Gasteiger partial charge on any atom is 0.335 e. The lowest BCUT2D eigenvalue weighted by Gasteiger charge is -1.89. The molecule has 0 aliphatic carbocycles. The zero-order valence-corrected chi connectivity index (χ0v) is 8.50. The van der Waals surface area contributed by atoms with E-state index in [0.29, 0.717) is 0 Å². The molecule has 0 aliphatic heterocycles. The first kappa shape index (κ1) is 12.9. The topological polar surface area (TPSA) is 26.3 Å². The van der Waals surface area contributed by atoms with E-state index < -0.39 is 5.97 Å². The molecule has 0 unspecified atom stereocenters. The van der Waals surface area contributed by atoms with Crippen molar-refractivity contribution in [3.63, 3.8) is 0 Å². The summed E-state index contributed by atoms with van der Waals surface area (Å²) in [5, 5.41) is 0. The van der Waals surface area contributed by atoms with Gasteiger partial charge in [-0.1, -0.05) is 55.7 Å². The van der Waals surface area contributed by atoms with Crippen molar-refractivity contribution >= 4 is 5.97 Å². The molecule has 0 amide bonds. The third kappa shape index (κ3) is 9.83. The quantitative estimate of drug-likeness (QED) is 0.286. The van der Waals surface area contributed by atoms with Gasteiger partial charge in [-0.3, -0.25) is 0 Å². The molecule has 0 saturated heterocycles. The standard InChI is InChI=1S/C13H14O2/c1-3-5-7-9-11-13(14)15-12-10-8-6-4-2/h3-12H,1-2H2/b7-5+,8-6+,11-9+,12-10+. The van der Waals surface area contributed by atoms with Crippen molar-refractivity contribution in [2.45, 2.75) is 0 Å². The first-order valence-electron chi connectivity index (χ1n) is 4.42. The van der Waals surface area contributed by atoms with Crippen LogP contribution in [-0.4, -0.2) is 5.97 Å². The third-order valence-electron chi connectivity index (χ3n) is 1.21. The normalized spacial score (nSPS) is 11.7. The minimum atomic E-state index is -0.424. The summed E-state index contributed by atoms with van der Waals surface area (Å²) in [7, 11) is 0. The number of carbonyl (C=O) groups is 1. The molecule has 0 rings (SSSR count). The number of hydrogen-bond donors (Lipinski definition) is 0. The zero-order chi connectivity index (χ0) is 11.4. The first-order chi connectivity index (χ1) is 7.31. The molecule has 2 heteroatoms. The zero-order valence-electron chi connectivity index (χ0n) is 8.50. The van der Waals surface area contributed by atoms with Crippen LogP contribution in [-0.2, 0) is 9.53 Å². The van der Waals surface area contributed by atoms with Gasteiger partial charge in [0.1, 0.15) is 0 Å². The Hall–Kier alpha value is -2.09. The van der Waals surface area contributed by atoms with Gasteiger partial charge in [-0.2, -0.15) is 0 Å². The Balaban J connectivity index is 3.84. The maximum absolute atomic E-state index is 11.0. The highest BCUT2D eigenvalue weighted by atomic mass is 16.5. The van der Waals surface area contributed by atoms with Crippen LogP contribution in [0.5, 0.6) is 0 Å². The van der Waals surface area contributed by atoms with Crippen LogP contribution in [0.2, 0.25) is 0 Å². The van der Waals surface area contributed by atoms with E-state index in [-0.39, 0.29) is 0 Å². The highest BCUT2D eigenvalue weighted by molar-refractivity contribution is 5.82. The van der Waals surface area contributed by atoms with Gasteiger partial charge >= 0.3 is 5.97 Å². The molecule has 15 heavy (non-hydrogen) atoms. The lowest BCUT2D eigenvalue weighted by molar-refractivity contribution is -0.132.